The molecule has 0 unspecified atom stereocenters. The van der Waals surface area contributed by atoms with E-state index in [0.29, 0.717) is 4.91 Å². The summed E-state index contributed by atoms with van der Waals surface area (Å²) in [4.78, 5) is 29.1. The van der Waals surface area contributed by atoms with Crippen LogP contribution in [0.2, 0.25) is 0 Å². The molecule has 1 heterocycles. The van der Waals surface area contributed by atoms with E-state index >= 15 is 0 Å². The third-order valence-electron chi connectivity index (χ3n) is 4.79. The number of benzene rings is 3. The fourth-order valence-corrected chi connectivity index (χ4v) is 4.10. The number of anilines is 1. The normalized spacial score (nSPS) is 15.6. The van der Waals surface area contributed by atoms with Crippen LogP contribution in [0, 0.1) is 0 Å². The molecule has 1 saturated heterocycles. The van der Waals surface area contributed by atoms with Gasteiger partial charge in [-0.25, -0.2) is 0 Å². The number of carbonyl (C=O) groups excluding carboxylic acids is 2. The lowest BCUT2D eigenvalue weighted by atomic mass is 10.0. The van der Waals surface area contributed by atoms with Gasteiger partial charge >= 0.3 is 0 Å². The molecule has 3 aromatic rings. The highest BCUT2D eigenvalue weighted by Gasteiger charge is 2.35. The van der Waals surface area contributed by atoms with Crippen LogP contribution in [-0.2, 0) is 11.3 Å². The molecule has 4 nitrogen and oxygen atoms in total. The van der Waals surface area contributed by atoms with E-state index in [2.05, 4.69) is 0 Å². The number of rotatable bonds is 4. The van der Waals surface area contributed by atoms with Gasteiger partial charge in [0.05, 0.1) is 11.4 Å². The van der Waals surface area contributed by atoms with Crippen molar-refractivity contribution in [1.82, 2.24) is 4.90 Å². The Kier molecular flexibility index (Phi) is 4.92. The largest absolute Gasteiger partial charge is 0.378 e. The minimum atomic E-state index is -0.236. The van der Waals surface area contributed by atoms with Crippen molar-refractivity contribution in [3.05, 3.63) is 82.8 Å². The molecule has 0 radical (unpaired) electrons. The molecule has 0 atom stereocenters. The van der Waals surface area contributed by atoms with E-state index in [4.69, 9.17) is 0 Å². The first-order valence-electron chi connectivity index (χ1n) is 9.02. The molecule has 28 heavy (non-hydrogen) atoms. The van der Waals surface area contributed by atoms with E-state index < -0.39 is 0 Å². The second-order valence-corrected chi connectivity index (χ2v) is 7.89. The number of carbonyl (C=O) groups is 2. The highest BCUT2D eigenvalue weighted by molar-refractivity contribution is 8.18. The van der Waals surface area contributed by atoms with Gasteiger partial charge in [-0.1, -0.05) is 54.6 Å². The molecule has 3 aromatic carbocycles. The summed E-state index contributed by atoms with van der Waals surface area (Å²) in [6.07, 6.45) is 1.79. The summed E-state index contributed by atoms with van der Waals surface area (Å²) in [6.45, 7) is 0.281. The van der Waals surface area contributed by atoms with Gasteiger partial charge in [0.25, 0.3) is 11.1 Å². The lowest BCUT2D eigenvalue weighted by molar-refractivity contribution is -0.123. The Hall–Kier alpha value is -3.05. The number of nitrogens with zero attached hydrogens (tertiary/aromatic N) is 2. The predicted octanol–water partition coefficient (Wildman–Crippen LogP) is 5.14. The molecule has 0 aliphatic carbocycles. The van der Waals surface area contributed by atoms with E-state index in [1.54, 1.807) is 6.08 Å². The van der Waals surface area contributed by atoms with Crippen LogP contribution in [-0.4, -0.2) is 30.1 Å². The summed E-state index contributed by atoms with van der Waals surface area (Å²) in [6, 6.07) is 21.8. The topological polar surface area (TPSA) is 40.6 Å². The fourth-order valence-electron chi connectivity index (χ4n) is 3.26. The molecule has 5 heteroatoms. The lowest BCUT2D eigenvalue weighted by Crippen LogP contribution is -2.27. The predicted molar refractivity (Wildman–Crippen MR) is 116 cm³/mol. The Labute approximate surface area is 168 Å². The first kappa shape index (κ1) is 18.3. The lowest BCUT2D eigenvalue weighted by Gasteiger charge is -2.14. The number of imide groups is 1. The first-order valence-corrected chi connectivity index (χ1v) is 9.84. The fraction of sp³-hybridized carbons (Fsp3) is 0.130. The zero-order valence-corrected chi connectivity index (χ0v) is 16.6. The van der Waals surface area contributed by atoms with E-state index in [9.17, 15) is 9.59 Å². The highest BCUT2D eigenvalue weighted by Crippen LogP contribution is 2.34. The zero-order chi connectivity index (χ0) is 19.7. The molecule has 0 N–H and O–H groups in total. The zero-order valence-electron chi connectivity index (χ0n) is 15.8. The molecule has 2 amide bonds. The maximum absolute atomic E-state index is 12.8. The van der Waals surface area contributed by atoms with Crippen LogP contribution in [0.5, 0.6) is 0 Å². The second kappa shape index (κ2) is 7.52. The molecule has 0 saturated carbocycles. The molecule has 1 aliphatic heterocycles. The number of thioether (sulfide) groups is 1. The number of hydrogen-bond donors (Lipinski definition) is 0. The maximum Gasteiger partial charge on any atom is 0.293 e. The van der Waals surface area contributed by atoms with Crippen molar-refractivity contribution in [2.75, 3.05) is 19.0 Å². The summed E-state index contributed by atoms with van der Waals surface area (Å²) < 4.78 is 0. The minimum Gasteiger partial charge on any atom is -0.378 e. The van der Waals surface area contributed by atoms with Gasteiger partial charge in [-0.2, -0.15) is 0 Å². The van der Waals surface area contributed by atoms with Gasteiger partial charge in [0, 0.05) is 19.8 Å². The molecule has 0 spiro atoms. The number of hydrogen-bond acceptors (Lipinski definition) is 4. The van der Waals surface area contributed by atoms with Crippen LogP contribution >= 0.6 is 11.8 Å². The molecule has 0 bridgehead atoms. The van der Waals surface area contributed by atoms with Crippen molar-refractivity contribution >= 4 is 45.4 Å². The monoisotopic (exact) mass is 388 g/mol. The highest BCUT2D eigenvalue weighted by atomic mass is 32.2. The SMILES string of the molecule is CN(C)c1ccc(/C=C2\SC(=O)N(Cc3cccc4ccccc34)C2=O)cc1. The van der Waals surface area contributed by atoms with Gasteiger partial charge in [0.15, 0.2) is 0 Å². The van der Waals surface area contributed by atoms with Crippen LogP contribution in [0.4, 0.5) is 10.5 Å². The maximum atomic E-state index is 12.8. The Balaban J connectivity index is 1.58. The smallest absolute Gasteiger partial charge is 0.293 e. The van der Waals surface area contributed by atoms with E-state index in [1.807, 2.05) is 85.7 Å². The van der Waals surface area contributed by atoms with Crippen LogP contribution in [0.3, 0.4) is 0 Å². The summed E-state index contributed by atoms with van der Waals surface area (Å²) in [7, 11) is 3.96. The molecular weight excluding hydrogens is 368 g/mol. The van der Waals surface area contributed by atoms with Crippen molar-refractivity contribution in [2.24, 2.45) is 0 Å². The second-order valence-electron chi connectivity index (χ2n) is 6.89. The van der Waals surface area contributed by atoms with Crippen molar-refractivity contribution in [3.63, 3.8) is 0 Å². The number of fused-ring (bicyclic) bond motifs is 1. The molecule has 4 rings (SSSR count). The first-order chi connectivity index (χ1) is 13.5. The Morgan fingerprint density at radius 3 is 2.39 bits per heavy atom. The van der Waals surface area contributed by atoms with Gasteiger partial charge in [-0.05, 0) is 51.9 Å². The minimum absolute atomic E-state index is 0.228. The average Bonchev–Trinajstić information content (AvgIpc) is 2.96. The van der Waals surface area contributed by atoms with Crippen molar-refractivity contribution in [1.29, 1.82) is 0 Å². The van der Waals surface area contributed by atoms with Crippen molar-refractivity contribution in [3.8, 4) is 0 Å². The third kappa shape index (κ3) is 3.53. The van der Waals surface area contributed by atoms with Gasteiger partial charge in [0.2, 0.25) is 0 Å². The summed E-state index contributed by atoms with van der Waals surface area (Å²) in [5.41, 5.74) is 2.96. The van der Waals surface area contributed by atoms with Crippen molar-refractivity contribution in [2.45, 2.75) is 6.54 Å². The molecule has 1 aliphatic rings. The van der Waals surface area contributed by atoms with Gasteiger partial charge in [0.1, 0.15) is 0 Å². The van der Waals surface area contributed by atoms with Gasteiger partial charge < -0.3 is 4.90 Å². The van der Waals surface area contributed by atoms with E-state index in [-0.39, 0.29) is 17.7 Å². The van der Waals surface area contributed by atoms with Gasteiger partial charge in [-0.3, -0.25) is 14.5 Å². The summed E-state index contributed by atoms with van der Waals surface area (Å²) >= 11 is 1.000. The number of amides is 2. The molecular formula is C23H20N2O2S. The van der Waals surface area contributed by atoms with Crippen molar-refractivity contribution < 1.29 is 9.59 Å². The Morgan fingerprint density at radius 1 is 0.929 bits per heavy atom. The quantitative estimate of drug-likeness (QED) is 0.580. The standard InChI is InChI=1S/C23H20N2O2S/c1-24(2)19-12-10-16(11-13-19)14-21-22(26)25(23(27)28-21)15-18-8-5-7-17-6-3-4-9-20(17)18/h3-14H,15H2,1-2H3/b21-14-. The average molecular weight is 388 g/mol. The molecule has 1 fully saturated rings. The third-order valence-corrected chi connectivity index (χ3v) is 5.70. The van der Waals surface area contributed by atoms with Crippen LogP contribution < -0.4 is 4.90 Å². The Bertz CT molecular complexity index is 1080. The molecule has 0 aromatic heterocycles. The summed E-state index contributed by atoms with van der Waals surface area (Å²) in [5.74, 6) is -0.236. The van der Waals surface area contributed by atoms with E-state index in [1.165, 1.54) is 4.90 Å². The summed E-state index contributed by atoms with van der Waals surface area (Å²) in [5, 5.41) is 1.94. The van der Waals surface area contributed by atoms with Crippen LogP contribution in [0.1, 0.15) is 11.1 Å². The Morgan fingerprint density at radius 2 is 1.64 bits per heavy atom. The molecule has 140 valence electrons. The van der Waals surface area contributed by atoms with Crippen LogP contribution in [0.25, 0.3) is 16.8 Å². The van der Waals surface area contributed by atoms with E-state index in [0.717, 1.165) is 39.3 Å². The van der Waals surface area contributed by atoms with Gasteiger partial charge in [-0.15, -0.1) is 0 Å². The van der Waals surface area contributed by atoms with Crippen LogP contribution in [0.15, 0.2) is 71.6 Å².